The molecule has 2 N–H and O–H groups in total. The molecule has 6 nitrogen and oxygen atoms in total. The molecule has 0 spiro atoms. The molecule has 7 heteroatoms. The molecule has 1 atom stereocenters. The molecule has 5 rings (SSSR count). The maximum atomic E-state index is 13.0. The van der Waals surface area contributed by atoms with Gasteiger partial charge >= 0.3 is 0 Å². The second-order valence-electron chi connectivity index (χ2n) is 8.96. The molecular weight excluding hydrogens is 494 g/mol. The largest absolute Gasteiger partial charge is 0.348 e. The molecule has 0 aliphatic carbocycles. The number of carbonyl (C=O) groups excluding carboxylic acids is 3. The first-order chi connectivity index (χ1) is 18.6. The van der Waals surface area contributed by atoms with Crippen molar-refractivity contribution in [2.75, 3.05) is 11.1 Å². The van der Waals surface area contributed by atoms with Crippen molar-refractivity contribution in [2.24, 2.45) is 0 Å². The van der Waals surface area contributed by atoms with Crippen molar-refractivity contribution in [1.82, 2.24) is 10.2 Å². The average Bonchev–Trinajstić information content (AvgIpc) is 3.32. The fraction of sp³-hybridized carbons (Fsp3) is 0.129. The van der Waals surface area contributed by atoms with Gasteiger partial charge in [0.25, 0.3) is 11.8 Å². The highest BCUT2D eigenvalue weighted by Gasteiger charge is 2.32. The fourth-order valence-corrected chi connectivity index (χ4v) is 5.53. The smallest absolute Gasteiger partial charge is 0.255 e. The SMILES string of the molecule is O=C(Nc1ccccc1C(=O)NCc1ccccc1)c1ccc([C@@H]2SCC(=O)N2Cc2ccccc2)cc1. The number of hydrogen-bond acceptors (Lipinski definition) is 4. The molecule has 0 saturated carbocycles. The quantitative estimate of drug-likeness (QED) is 0.314. The van der Waals surface area contributed by atoms with Crippen LogP contribution >= 0.6 is 11.8 Å². The number of benzene rings is 4. The van der Waals surface area contributed by atoms with Gasteiger partial charge in [-0.1, -0.05) is 84.9 Å². The van der Waals surface area contributed by atoms with Crippen molar-refractivity contribution >= 4 is 35.2 Å². The number of para-hydroxylation sites is 1. The molecule has 190 valence electrons. The summed E-state index contributed by atoms with van der Waals surface area (Å²) in [4.78, 5) is 40.3. The Hall–Kier alpha value is -4.36. The van der Waals surface area contributed by atoms with Crippen LogP contribution in [0.4, 0.5) is 5.69 Å². The topological polar surface area (TPSA) is 78.5 Å². The van der Waals surface area contributed by atoms with Crippen molar-refractivity contribution in [3.05, 3.63) is 137 Å². The Labute approximate surface area is 226 Å². The van der Waals surface area contributed by atoms with Gasteiger partial charge in [0.2, 0.25) is 5.91 Å². The summed E-state index contributed by atoms with van der Waals surface area (Å²) in [6.07, 6.45) is 0. The fourth-order valence-electron chi connectivity index (χ4n) is 4.34. The summed E-state index contributed by atoms with van der Waals surface area (Å²) in [5, 5.41) is 5.68. The summed E-state index contributed by atoms with van der Waals surface area (Å²) in [5.41, 5.74) is 4.35. The molecule has 1 saturated heterocycles. The van der Waals surface area contributed by atoms with Crippen LogP contribution in [0.3, 0.4) is 0 Å². The number of thioether (sulfide) groups is 1. The monoisotopic (exact) mass is 521 g/mol. The lowest BCUT2D eigenvalue weighted by molar-refractivity contribution is -0.128. The van der Waals surface area contributed by atoms with E-state index in [9.17, 15) is 14.4 Å². The summed E-state index contributed by atoms with van der Waals surface area (Å²) in [5.74, 6) is -0.0337. The third-order valence-electron chi connectivity index (χ3n) is 6.34. The predicted octanol–water partition coefficient (Wildman–Crippen LogP) is 5.64. The van der Waals surface area contributed by atoms with Crippen LogP contribution in [0.1, 0.15) is 42.8 Å². The van der Waals surface area contributed by atoms with Crippen molar-refractivity contribution in [1.29, 1.82) is 0 Å². The van der Waals surface area contributed by atoms with Crippen LogP contribution in [0.15, 0.2) is 109 Å². The molecule has 0 radical (unpaired) electrons. The molecule has 38 heavy (non-hydrogen) atoms. The van der Waals surface area contributed by atoms with Gasteiger partial charge in [0.05, 0.1) is 17.0 Å². The number of rotatable bonds is 8. The molecule has 3 amide bonds. The minimum absolute atomic E-state index is 0.103. The van der Waals surface area contributed by atoms with Gasteiger partial charge in [0.1, 0.15) is 5.37 Å². The van der Waals surface area contributed by atoms with Crippen LogP contribution in [0, 0.1) is 0 Å². The maximum Gasteiger partial charge on any atom is 0.255 e. The molecule has 1 fully saturated rings. The Bertz CT molecular complexity index is 1430. The molecule has 0 unspecified atom stereocenters. The first kappa shape index (κ1) is 25.3. The number of nitrogens with one attached hydrogen (secondary N) is 2. The number of carbonyl (C=O) groups is 3. The van der Waals surface area contributed by atoms with E-state index in [-0.39, 0.29) is 23.1 Å². The molecule has 1 heterocycles. The van der Waals surface area contributed by atoms with E-state index in [1.807, 2.05) is 77.7 Å². The lowest BCUT2D eigenvalue weighted by Gasteiger charge is -2.24. The van der Waals surface area contributed by atoms with Gasteiger partial charge in [-0.05, 0) is 41.0 Å². The maximum absolute atomic E-state index is 13.0. The van der Waals surface area contributed by atoms with Gasteiger partial charge < -0.3 is 15.5 Å². The van der Waals surface area contributed by atoms with E-state index in [0.717, 1.165) is 16.7 Å². The molecule has 0 aromatic heterocycles. The minimum atomic E-state index is -0.309. The van der Waals surface area contributed by atoms with E-state index in [4.69, 9.17) is 0 Å². The number of anilines is 1. The highest BCUT2D eigenvalue weighted by atomic mass is 32.2. The first-order valence-corrected chi connectivity index (χ1v) is 13.4. The lowest BCUT2D eigenvalue weighted by Crippen LogP contribution is -2.27. The van der Waals surface area contributed by atoms with E-state index in [2.05, 4.69) is 10.6 Å². The van der Waals surface area contributed by atoms with Crippen LogP contribution in [-0.4, -0.2) is 28.4 Å². The van der Waals surface area contributed by atoms with Gasteiger partial charge in [-0.15, -0.1) is 11.8 Å². The van der Waals surface area contributed by atoms with Crippen LogP contribution in [0.2, 0.25) is 0 Å². The zero-order valence-electron chi connectivity index (χ0n) is 20.7. The van der Waals surface area contributed by atoms with Gasteiger partial charge in [-0.3, -0.25) is 14.4 Å². The van der Waals surface area contributed by atoms with Crippen molar-refractivity contribution < 1.29 is 14.4 Å². The first-order valence-electron chi connectivity index (χ1n) is 12.4. The van der Waals surface area contributed by atoms with E-state index in [0.29, 0.717) is 35.7 Å². The minimum Gasteiger partial charge on any atom is -0.348 e. The Balaban J connectivity index is 1.25. The Morgan fingerprint density at radius 2 is 1.39 bits per heavy atom. The van der Waals surface area contributed by atoms with E-state index >= 15 is 0 Å². The normalized spacial score (nSPS) is 14.8. The van der Waals surface area contributed by atoms with Gasteiger partial charge in [0, 0.05) is 18.7 Å². The number of nitrogens with zero attached hydrogens (tertiary/aromatic N) is 1. The summed E-state index contributed by atoms with van der Waals surface area (Å²) in [7, 11) is 0. The third-order valence-corrected chi connectivity index (χ3v) is 7.59. The van der Waals surface area contributed by atoms with Crippen molar-refractivity contribution in [3.63, 3.8) is 0 Å². The van der Waals surface area contributed by atoms with Crippen LogP contribution in [-0.2, 0) is 17.9 Å². The molecule has 4 aromatic rings. The van der Waals surface area contributed by atoms with E-state index < -0.39 is 0 Å². The summed E-state index contributed by atoms with van der Waals surface area (Å²) in [6, 6.07) is 33.8. The zero-order chi connectivity index (χ0) is 26.3. The standard InChI is InChI=1S/C31H27N3O3S/c35-28-21-38-31(34(28)20-23-11-5-2-6-12-23)25-17-15-24(16-18-25)29(36)33-27-14-8-7-13-26(27)30(37)32-19-22-9-3-1-4-10-22/h1-18,31H,19-21H2,(H,32,37)(H,33,36)/t31-/m0/s1. The highest BCUT2D eigenvalue weighted by molar-refractivity contribution is 8.00. The predicted molar refractivity (Wildman–Crippen MR) is 151 cm³/mol. The van der Waals surface area contributed by atoms with Crippen molar-refractivity contribution in [3.8, 4) is 0 Å². The Kier molecular flexibility index (Phi) is 7.85. The summed E-state index contributed by atoms with van der Waals surface area (Å²) < 4.78 is 0. The lowest BCUT2D eigenvalue weighted by atomic mass is 10.1. The zero-order valence-corrected chi connectivity index (χ0v) is 21.5. The molecule has 0 bridgehead atoms. The summed E-state index contributed by atoms with van der Waals surface area (Å²) >= 11 is 1.59. The van der Waals surface area contributed by atoms with Crippen LogP contribution in [0.5, 0.6) is 0 Å². The Morgan fingerprint density at radius 1 is 0.763 bits per heavy atom. The highest BCUT2D eigenvalue weighted by Crippen LogP contribution is 2.39. The van der Waals surface area contributed by atoms with Crippen LogP contribution in [0.25, 0.3) is 0 Å². The second-order valence-corrected chi connectivity index (χ2v) is 10.0. The molecule has 1 aliphatic rings. The van der Waals surface area contributed by atoms with Crippen molar-refractivity contribution in [2.45, 2.75) is 18.5 Å². The second kappa shape index (κ2) is 11.8. The molecule has 1 aliphatic heterocycles. The Morgan fingerprint density at radius 3 is 2.11 bits per heavy atom. The van der Waals surface area contributed by atoms with E-state index in [1.54, 1.807) is 48.2 Å². The molecule has 4 aromatic carbocycles. The third kappa shape index (κ3) is 5.95. The average molecular weight is 522 g/mol. The summed E-state index contributed by atoms with van der Waals surface area (Å²) in [6.45, 7) is 0.940. The van der Waals surface area contributed by atoms with E-state index in [1.165, 1.54) is 0 Å². The van der Waals surface area contributed by atoms with Crippen LogP contribution < -0.4 is 10.6 Å². The number of hydrogen-bond donors (Lipinski definition) is 2. The number of amides is 3. The van der Waals surface area contributed by atoms with Gasteiger partial charge in [0.15, 0.2) is 0 Å². The van der Waals surface area contributed by atoms with Gasteiger partial charge in [-0.25, -0.2) is 0 Å². The van der Waals surface area contributed by atoms with Gasteiger partial charge in [-0.2, -0.15) is 0 Å². The molecular formula is C31H27N3O3S.